The first-order valence-corrected chi connectivity index (χ1v) is 8.00. The summed E-state index contributed by atoms with van der Waals surface area (Å²) in [6, 6.07) is 6.71. The van der Waals surface area contributed by atoms with Crippen LogP contribution < -0.4 is 5.73 Å². The zero-order valence-electron chi connectivity index (χ0n) is 13.6. The van der Waals surface area contributed by atoms with Gasteiger partial charge in [0.05, 0.1) is 0 Å². The van der Waals surface area contributed by atoms with E-state index in [1.54, 1.807) is 0 Å². The second-order valence-corrected chi connectivity index (χ2v) is 6.89. The highest BCUT2D eigenvalue weighted by Gasteiger charge is 2.34. The molecule has 1 heterocycles. The van der Waals surface area contributed by atoms with Crippen molar-refractivity contribution in [1.29, 1.82) is 0 Å². The van der Waals surface area contributed by atoms with E-state index in [0.29, 0.717) is 0 Å². The fraction of sp³-hybridized carbons (Fsp3) is 0.667. The molecule has 2 heteroatoms. The van der Waals surface area contributed by atoms with Gasteiger partial charge in [0.25, 0.3) is 0 Å². The number of aryl methyl sites for hydroxylation is 2. The molecule has 1 aromatic rings. The maximum atomic E-state index is 6.66. The zero-order valence-corrected chi connectivity index (χ0v) is 13.6. The third kappa shape index (κ3) is 3.24. The molecule has 1 saturated heterocycles. The molecular formula is C18H30N2. The van der Waals surface area contributed by atoms with Gasteiger partial charge in [-0.15, -0.1) is 0 Å². The van der Waals surface area contributed by atoms with Crippen LogP contribution in [0.5, 0.6) is 0 Å². The van der Waals surface area contributed by atoms with Gasteiger partial charge in [-0.2, -0.15) is 0 Å². The van der Waals surface area contributed by atoms with E-state index in [2.05, 4.69) is 50.8 Å². The van der Waals surface area contributed by atoms with Gasteiger partial charge in [-0.05, 0) is 64.8 Å². The van der Waals surface area contributed by atoms with Crippen LogP contribution in [-0.4, -0.2) is 23.5 Å². The molecule has 0 radical (unpaired) electrons. The van der Waals surface area contributed by atoms with Crippen molar-refractivity contribution >= 4 is 0 Å². The van der Waals surface area contributed by atoms with Crippen LogP contribution in [0.2, 0.25) is 0 Å². The van der Waals surface area contributed by atoms with E-state index < -0.39 is 0 Å². The number of hydrogen-bond donors (Lipinski definition) is 1. The summed E-state index contributed by atoms with van der Waals surface area (Å²) in [5.41, 5.74) is 10.6. The Morgan fingerprint density at radius 3 is 2.20 bits per heavy atom. The highest BCUT2D eigenvalue weighted by Crippen LogP contribution is 2.32. The lowest BCUT2D eigenvalue weighted by Gasteiger charge is -2.43. The molecule has 1 aliphatic rings. The van der Waals surface area contributed by atoms with Crippen LogP contribution in [0.15, 0.2) is 18.2 Å². The van der Waals surface area contributed by atoms with Crippen molar-refractivity contribution in [2.45, 2.75) is 65.0 Å². The highest BCUT2D eigenvalue weighted by atomic mass is 15.2. The summed E-state index contributed by atoms with van der Waals surface area (Å²) >= 11 is 0. The number of rotatable bonds is 3. The second kappa shape index (κ2) is 6.28. The van der Waals surface area contributed by atoms with Crippen molar-refractivity contribution < 1.29 is 0 Å². The third-order valence-electron chi connectivity index (χ3n) is 4.94. The first kappa shape index (κ1) is 15.5. The van der Waals surface area contributed by atoms with Gasteiger partial charge in [0.1, 0.15) is 0 Å². The first-order valence-electron chi connectivity index (χ1n) is 8.00. The van der Waals surface area contributed by atoms with Crippen molar-refractivity contribution in [2.75, 3.05) is 13.1 Å². The molecule has 2 N–H and O–H groups in total. The quantitative estimate of drug-likeness (QED) is 0.904. The minimum absolute atomic E-state index is 0.0182. The third-order valence-corrected chi connectivity index (χ3v) is 4.94. The summed E-state index contributed by atoms with van der Waals surface area (Å²) in [6.45, 7) is 11.3. The summed E-state index contributed by atoms with van der Waals surface area (Å²) < 4.78 is 0. The summed E-state index contributed by atoms with van der Waals surface area (Å²) in [4.78, 5) is 2.60. The zero-order chi connectivity index (χ0) is 14.8. The molecule has 112 valence electrons. The Morgan fingerprint density at radius 2 is 1.65 bits per heavy atom. The molecule has 1 aliphatic heterocycles. The first-order chi connectivity index (χ1) is 9.43. The molecule has 1 atom stereocenters. The molecular weight excluding hydrogens is 244 g/mol. The maximum absolute atomic E-state index is 6.66. The average molecular weight is 274 g/mol. The van der Waals surface area contributed by atoms with Crippen LogP contribution in [0, 0.1) is 13.8 Å². The Balaban J connectivity index is 2.22. The van der Waals surface area contributed by atoms with Gasteiger partial charge in [0, 0.05) is 11.6 Å². The van der Waals surface area contributed by atoms with E-state index in [-0.39, 0.29) is 11.6 Å². The smallest absolute Gasteiger partial charge is 0.0479 e. The van der Waals surface area contributed by atoms with Gasteiger partial charge < -0.3 is 5.73 Å². The van der Waals surface area contributed by atoms with E-state index in [1.807, 2.05) is 0 Å². The number of likely N-dealkylation sites (tertiary alicyclic amines) is 1. The number of nitrogens with zero attached hydrogens (tertiary/aromatic N) is 1. The number of hydrogen-bond acceptors (Lipinski definition) is 2. The van der Waals surface area contributed by atoms with Crippen molar-refractivity contribution in [3.8, 4) is 0 Å². The Bertz CT molecular complexity index is 443. The van der Waals surface area contributed by atoms with Crippen LogP contribution >= 0.6 is 0 Å². The molecule has 2 nitrogen and oxygen atoms in total. The van der Waals surface area contributed by atoms with Crippen LogP contribution in [0.1, 0.15) is 62.3 Å². The van der Waals surface area contributed by atoms with Crippen LogP contribution in [0.25, 0.3) is 0 Å². The molecule has 0 aromatic heterocycles. The van der Waals surface area contributed by atoms with Gasteiger partial charge in [0.15, 0.2) is 0 Å². The maximum Gasteiger partial charge on any atom is 0.0479 e. The van der Waals surface area contributed by atoms with Crippen molar-refractivity contribution in [3.63, 3.8) is 0 Å². The molecule has 0 aliphatic carbocycles. The van der Waals surface area contributed by atoms with E-state index in [1.165, 1.54) is 55.5 Å². The summed E-state index contributed by atoms with van der Waals surface area (Å²) in [6.07, 6.45) is 5.35. The molecule has 1 fully saturated rings. The Morgan fingerprint density at radius 1 is 1.05 bits per heavy atom. The van der Waals surface area contributed by atoms with Crippen LogP contribution in [0.4, 0.5) is 0 Å². The molecule has 20 heavy (non-hydrogen) atoms. The van der Waals surface area contributed by atoms with Crippen LogP contribution in [-0.2, 0) is 0 Å². The van der Waals surface area contributed by atoms with Gasteiger partial charge in [-0.3, -0.25) is 4.90 Å². The number of nitrogens with two attached hydrogens (primary N) is 1. The highest BCUT2D eigenvalue weighted by molar-refractivity contribution is 5.34. The van der Waals surface area contributed by atoms with Gasteiger partial charge in [-0.25, -0.2) is 0 Å². The van der Waals surface area contributed by atoms with Crippen LogP contribution in [0.3, 0.4) is 0 Å². The Hall–Kier alpha value is -0.860. The SMILES string of the molecule is Cc1ccc(C(N)C(C)(C)N2CCCCCC2)c(C)c1. The summed E-state index contributed by atoms with van der Waals surface area (Å²) in [7, 11) is 0. The van der Waals surface area contributed by atoms with Gasteiger partial charge in [0.2, 0.25) is 0 Å². The predicted molar refractivity (Wildman–Crippen MR) is 87.0 cm³/mol. The largest absolute Gasteiger partial charge is 0.322 e. The van der Waals surface area contributed by atoms with Gasteiger partial charge >= 0.3 is 0 Å². The fourth-order valence-electron chi connectivity index (χ4n) is 3.40. The lowest BCUT2D eigenvalue weighted by Crippen LogP contribution is -2.51. The Labute approximate surface area is 124 Å². The summed E-state index contributed by atoms with van der Waals surface area (Å²) in [5, 5.41) is 0. The molecule has 0 saturated carbocycles. The average Bonchev–Trinajstić information content (AvgIpc) is 2.67. The monoisotopic (exact) mass is 274 g/mol. The Kier molecular flexibility index (Phi) is 4.87. The van der Waals surface area contributed by atoms with Crippen molar-refractivity contribution in [2.24, 2.45) is 5.73 Å². The second-order valence-electron chi connectivity index (χ2n) is 6.89. The molecule has 1 unspecified atom stereocenters. The molecule has 1 aromatic carbocycles. The van der Waals surface area contributed by atoms with Gasteiger partial charge in [-0.1, -0.05) is 36.6 Å². The van der Waals surface area contributed by atoms with Crippen molar-refractivity contribution in [3.05, 3.63) is 34.9 Å². The fourth-order valence-corrected chi connectivity index (χ4v) is 3.40. The summed E-state index contributed by atoms with van der Waals surface area (Å²) in [5.74, 6) is 0. The topological polar surface area (TPSA) is 29.3 Å². The minimum atomic E-state index is 0.0182. The van der Waals surface area contributed by atoms with Crippen molar-refractivity contribution in [1.82, 2.24) is 4.90 Å². The normalized spacial score (nSPS) is 19.6. The lowest BCUT2D eigenvalue weighted by atomic mass is 9.85. The predicted octanol–water partition coefficient (Wildman–Crippen LogP) is 3.96. The molecule has 2 rings (SSSR count). The molecule has 0 bridgehead atoms. The molecule has 0 amide bonds. The standard InChI is InChI=1S/C18H30N2/c1-14-9-10-16(15(2)13-14)17(19)18(3,4)20-11-7-5-6-8-12-20/h9-10,13,17H,5-8,11-12,19H2,1-4H3. The minimum Gasteiger partial charge on any atom is -0.322 e. The van der Waals surface area contributed by atoms with E-state index in [4.69, 9.17) is 5.73 Å². The van der Waals surface area contributed by atoms with E-state index in [0.717, 1.165) is 0 Å². The van der Waals surface area contributed by atoms with E-state index >= 15 is 0 Å². The molecule has 0 spiro atoms. The van der Waals surface area contributed by atoms with E-state index in [9.17, 15) is 0 Å². The number of benzene rings is 1. The lowest BCUT2D eigenvalue weighted by molar-refractivity contribution is 0.0978.